The third-order valence-corrected chi connectivity index (χ3v) is 3.80. The summed E-state index contributed by atoms with van der Waals surface area (Å²) in [6, 6.07) is 0. The maximum Gasteiger partial charge on any atom is 0.234 e. The normalized spacial score (nSPS) is 23.0. The predicted molar refractivity (Wildman–Crippen MR) is 66.6 cm³/mol. The molecule has 2 N–H and O–H groups in total. The number of likely N-dealkylation sites (N-methyl/N-ethyl adjacent to an activating group) is 1. The summed E-state index contributed by atoms with van der Waals surface area (Å²) in [7, 11) is 1.91. The van der Waals surface area contributed by atoms with Crippen LogP contribution in [0.15, 0.2) is 0 Å². The van der Waals surface area contributed by atoms with E-state index in [-0.39, 0.29) is 5.91 Å². The van der Waals surface area contributed by atoms with Crippen molar-refractivity contribution >= 4 is 5.91 Å². The zero-order chi connectivity index (χ0) is 12.3. The smallest absolute Gasteiger partial charge is 0.234 e. The second-order valence-corrected chi connectivity index (χ2v) is 5.85. The average Bonchev–Trinajstić information content (AvgIpc) is 2.98. The van der Waals surface area contributed by atoms with E-state index in [4.69, 9.17) is 0 Å². The van der Waals surface area contributed by atoms with Gasteiger partial charge in [-0.1, -0.05) is 12.8 Å². The SMILES string of the molecule is CN(CC(=O)NCC1CC1)CC1(O)CCCC1. The summed E-state index contributed by atoms with van der Waals surface area (Å²) >= 11 is 0. The molecule has 4 nitrogen and oxygen atoms in total. The highest BCUT2D eigenvalue weighted by atomic mass is 16.3. The lowest BCUT2D eigenvalue weighted by Crippen LogP contribution is -2.43. The third kappa shape index (κ3) is 4.28. The van der Waals surface area contributed by atoms with E-state index in [1.165, 1.54) is 12.8 Å². The van der Waals surface area contributed by atoms with Gasteiger partial charge in [0.05, 0.1) is 12.1 Å². The van der Waals surface area contributed by atoms with Crippen molar-refractivity contribution in [3.8, 4) is 0 Å². The molecule has 0 aromatic heterocycles. The second kappa shape index (κ2) is 5.36. The van der Waals surface area contributed by atoms with Crippen molar-refractivity contribution in [3.63, 3.8) is 0 Å². The molecule has 17 heavy (non-hydrogen) atoms. The Morgan fingerprint density at radius 3 is 2.65 bits per heavy atom. The fraction of sp³-hybridized carbons (Fsp3) is 0.923. The van der Waals surface area contributed by atoms with Crippen molar-refractivity contribution in [2.24, 2.45) is 5.92 Å². The molecule has 2 rings (SSSR count). The minimum absolute atomic E-state index is 0.0843. The van der Waals surface area contributed by atoms with E-state index in [2.05, 4.69) is 5.32 Å². The van der Waals surface area contributed by atoms with E-state index in [1.807, 2.05) is 11.9 Å². The minimum atomic E-state index is -0.550. The Balaban J connectivity index is 1.64. The van der Waals surface area contributed by atoms with E-state index in [9.17, 15) is 9.90 Å². The van der Waals surface area contributed by atoms with Crippen LogP contribution in [0, 0.1) is 5.92 Å². The van der Waals surface area contributed by atoms with E-state index < -0.39 is 5.60 Å². The van der Waals surface area contributed by atoms with Crippen LogP contribution in [0.3, 0.4) is 0 Å². The lowest BCUT2D eigenvalue weighted by Gasteiger charge is -2.28. The van der Waals surface area contributed by atoms with Crippen molar-refractivity contribution in [1.82, 2.24) is 10.2 Å². The number of carbonyl (C=O) groups is 1. The summed E-state index contributed by atoms with van der Waals surface area (Å²) < 4.78 is 0. The largest absolute Gasteiger partial charge is 0.389 e. The number of rotatable bonds is 6. The van der Waals surface area contributed by atoms with Gasteiger partial charge in [-0.15, -0.1) is 0 Å². The molecule has 2 aliphatic rings. The molecule has 0 saturated heterocycles. The van der Waals surface area contributed by atoms with E-state index in [0.717, 1.165) is 38.1 Å². The lowest BCUT2D eigenvalue weighted by atomic mass is 10.0. The number of nitrogens with zero attached hydrogens (tertiary/aromatic N) is 1. The van der Waals surface area contributed by atoms with Gasteiger partial charge in [0.1, 0.15) is 0 Å². The number of nitrogens with one attached hydrogen (secondary N) is 1. The van der Waals surface area contributed by atoms with Gasteiger partial charge in [-0.2, -0.15) is 0 Å². The molecule has 0 aromatic rings. The highest BCUT2D eigenvalue weighted by Gasteiger charge is 2.32. The van der Waals surface area contributed by atoms with Gasteiger partial charge in [0, 0.05) is 13.1 Å². The maximum atomic E-state index is 11.6. The zero-order valence-electron chi connectivity index (χ0n) is 10.7. The molecule has 0 aliphatic heterocycles. The van der Waals surface area contributed by atoms with Crippen molar-refractivity contribution in [2.45, 2.75) is 44.1 Å². The van der Waals surface area contributed by atoms with Gasteiger partial charge >= 0.3 is 0 Å². The summed E-state index contributed by atoms with van der Waals surface area (Å²) in [5.74, 6) is 0.810. The van der Waals surface area contributed by atoms with Crippen molar-refractivity contribution in [1.29, 1.82) is 0 Å². The minimum Gasteiger partial charge on any atom is -0.389 e. The Kier molecular flexibility index (Phi) is 4.05. The molecule has 2 aliphatic carbocycles. The number of amides is 1. The number of hydrogen-bond acceptors (Lipinski definition) is 3. The molecule has 0 aromatic carbocycles. The highest BCUT2D eigenvalue weighted by molar-refractivity contribution is 5.78. The summed E-state index contributed by atoms with van der Waals surface area (Å²) in [4.78, 5) is 13.6. The van der Waals surface area contributed by atoms with Gasteiger partial charge in [-0.3, -0.25) is 9.69 Å². The summed E-state index contributed by atoms with van der Waals surface area (Å²) in [5, 5.41) is 13.2. The van der Waals surface area contributed by atoms with E-state index >= 15 is 0 Å². The van der Waals surface area contributed by atoms with Gasteiger partial charge in [0.2, 0.25) is 5.91 Å². The molecule has 0 heterocycles. The Labute approximate surface area is 103 Å². The van der Waals surface area contributed by atoms with Gasteiger partial charge in [0.15, 0.2) is 0 Å². The van der Waals surface area contributed by atoms with Crippen molar-refractivity contribution in [2.75, 3.05) is 26.7 Å². The van der Waals surface area contributed by atoms with E-state index in [0.29, 0.717) is 13.1 Å². The Morgan fingerprint density at radius 1 is 1.41 bits per heavy atom. The molecule has 1 amide bonds. The van der Waals surface area contributed by atoms with E-state index in [1.54, 1.807) is 0 Å². The second-order valence-electron chi connectivity index (χ2n) is 5.85. The van der Waals surface area contributed by atoms with Gasteiger partial charge in [0.25, 0.3) is 0 Å². The molecule has 0 atom stereocenters. The van der Waals surface area contributed by atoms with Crippen molar-refractivity contribution < 1.29 is 9.90 Å². The average molecular weight is 240 g/mol. The summed E-state index contributed by atoms with van der Waals surface area (Å²) in [5.41, 5.74) is -0.550. The molecule has 2 fully saturated rings. The molecule has 0 radical (unpaired) electrons. The van der Waals surface area contributed by atoms with Crippen LogP contribution in [0.2, 0.25) is 0 Å². The van der Waals surface area contributed by atoms with Crippen LogP contribution in [-0.2, 0) is 4.79 Å². The molecule has 4 heteroatoms. The van der Waals surface area contributed by atoms with Crippen LogP contribution in [0.4, 0.5) is 0 Å². The summed E-state index contributed by atoms with van der Waals surface area (Å²) in [6.45, 7) is 1.84. The predicted octanol–water partition coefficient (Wildman–Crippen LogP) is 0.749. The number of carbonyl (C=O) groups excluding carboxylic acids is 1. The van der Waals surface area contributed by atoms with Crippen LogP contribution < -0.4 is 5.32 Å². The van der Waals surface area contributed by atoms with Crippen LogP contribution >= 0.6 is 0 Å². The Bertz CT molecular complexity index is 271. The Hall–Kier alpha value is -0.610. The zero-order valence-corrected chi connectivity index (χ0v) is 10.7. The fourth-order valence-electron chi connectivity index (χ4n) is 2.63. The quantitative estimate of drug-likeness (QED) is 0.720. The van der Waals surface area contributed by atoms with Gasteiger partial charge in [-0.05, 0) is 38.6 Å². The molecule has 98 valence electrons. The van der Waals surface area contributed by atoms with Crippen LogP contribution in [-0.4, -0.2) is 48.2 Å². The maximum absolute atomic E-state index is 11.6. The molecule has 0 unspecified atom stereocenters. The van der Waals surface area contributed by atoms with Gasteiger partial charge < -0.3 is 10.4 Å². The first-order valence-corrected chi connectivity index (χ1v) is 6.75. The first-order valence-electron chi connectivity index (χ1n) is 6.75. The van der Waals surface area contributed by atoms with Gasteiger partial charge in [-0.25, -0.2) is 0 Å². The number of aliphatic hydroxyl groups is 1. The topological polar surface area (TPSA) is 52.6 Å². The fourth-order valence-corrected chi connectivity index (χ4v) is 2.63. The molecular formula is C13H24N2O2. The molecule has 0 bridgehead atoms. The monoisotopic (exact) mass is 240 g/mol. The first-order chi connectivity index (χ1) is 8.07. The van der Waals surface area contributed by atoms with Crippen LogP contribution in [0.5, 0.6) is 0 Å². The number of hydrogen-bond donors (Lipinski definition) is 2. The van der Waals surface area contributed by atoms with Crippen molar-refractivity contribution in [3.05, 3.63) is 0 Å². The lowest BCUT2D eigenvalue weighted by molar-refractivity contribution is -0.122. The van der Waals surface area contributed by atoms with Crippen LogP contribution in [0.1, 0.15) is 38.5 Å². The van der Waals surface area contributed by atoms with Crippen LogP contribution in [0.25, 0.3) is 0 Å². The Morgan fingerprint density at radius 2 is 2.06 bits per heavy atom. The molecule has 0 spiro atoms. The summed E-state index contributed by atoms with van der Waals surface area (Å²) in [6.07, 6.45) is 6.49. The standard InChI is InChI=1S/C13H24N2O2/c1-15(10-13(17)6-2-3-7-13)9-12(16)14-8-11-4-5-11/h11,17H,2-10H2,1H3,(H,14,16). The highest BCUT2D eigenvalue weighted by Crippen LogP contribution is 2.30. The third-order valence-electron chi connectivity index (χ3n) is 3.80. The first kappa shape index (κ1) is 12.8. The molecular weight excluding hydrogens is 216 g/mol. The molecule has 2 saturated carbocycles.